The summed E-state index contributed by atoms with van der Waals surface area (Å²) in [6.07, 6.45) is 2.70. The summed E-state index contributed by atoms with van der Waals surface area (Å²) >= 11 is 0. The molecule has 2 rings (SSSR count). The van der Waals surface area contributed by atoms with Crippen molar-refractivity contribution in [3.8, 4) is 0 Å². The van der Waals surface area contributed by atoms with Gasteiger partial charge < -0.3 is 5.32 Å². The predicted molar refractivity (Wildman–Crippen MR) is 38.6 cm³/mol. The Balaban J connectivity index is 2.09. The number of alkyl halides is 1. The number of piperidine rings is 1. The molecule has 0 aromatic carbocycles. The lowest BCUT2D eigenvalue weighted by atomic mass is 9.93. The molecule has 1 N–H and O–H groups in total. The highest BCUT2D eigenvalue weighted by Gasteiger charge is 2.39. The van der Waals surface area contributed by atoms with Crippen LogP contribution in [0.2, 0.25) is 0 Å². The first-order valence-corrected chi connectivity index (χ1v) is 4.17. The lowest BCUT2D eigenvalue weighted by molar-refractivity contribution is 0.145. The molecule has 58 valence electrons. The average Bonchev–Trinajstić information content (AvgIpc) is 2.29. The second-order valence-corrected chi connectivity index (χ2v) is 3.70. The van der Waals surface area contributed by atoms with E-state index in [1.807, 2.05) is 6.92 Å². The number of hydrogen-bond acceptors (Lipinski definition) is 1. The van der Waals surface area contributed by atoms with Crippen LogP contribution in [0.15, 0.2) is 0 Å². The second kappa shape index (κ2) is 2.19. The van der Waals surface area contributed by atoms with Gasteiger partial charge in [0, 0.05) is 12.1 Å². The van der Waals surface area contributed by atoms with Crippen LogP contribution in [0, 0.1) is 5.92 Å². The molecule has 2 heterocycles. The maximum atomic E-state index is 13.2. The third-order valence-corrected chi connectivity index (χ3v) is 2.86. The summed E-state index contributed by atoms with van der Waals surface area (Å²) in [7, 11) is 0. The van der Waals surface area contributed by atoms with E-state index < -0.39 is 6.17 Å². The van der Waals surface area contributed by atoms with E-state index in [9.17, 15) is 4.39 Å². The summed E-state index contributed by atoms with van der Waals surface area (Å²) in [5.74, 6) is 0.291. The molecule has 0 saturated carbocycles. The van der Waals surface area contributed by atoms with Crippen molar-refractivity contribution in [1.82, 2.24) is 5.32 Å². The largest absolute Gasteiger partial charge is 0.308 e. The predicted octanol–water partition coefficient (Wildman–Crippen LogP) is 1.48. The van der Waals surface area contributed by atoms with E-state index in [1.165, 1.54) is 6.42 Å². The first-order chi connectivity index (χ1) is 4.77. The van der Waals surface area contributed by atoms with E-state index in [0.717, 1.165) is 12.8 Å². The number of halogens is 1. The second-order valence-electron chi connectivity index (χ2n) is 3.70. The van der Waals surface area contributed by atoms with Crippen LogP contribution >= 0.6 is 0 Å². The van der Waals surface area contributed by atoms with Gasteiger partial charge >= 0.3 is 0 Å². The van der Waals surface area contributed by atoms with Gasteiger partial charge in [-0.15, -0.1) is 0 Å². The minimum absolute atomic E-state index is 0.189. The van der Waals surface area contributed by atoms with E-state index >= 15 is 0 Å². The minimum Gasteiger partial charge on any atom is -0.308 e. The van der Waals surface area contributed by atoms with Gasteiger partial charge in [0.1, 0.15) is 6.17 Å². The van der Waals surface area contributed by atoms with Crippen LogP contribution in [0.25, 0.3) is 0 Å². The fourth-order valence-electron chi connectivity index (χ4n) is 2.26. The van der Waals surface area contributed by atoms with Crippen molar-refractivity contribution in [2.45, 2.75) is 44.4 Å². The monoisotopic (exact) mass is 143 g/mol. The Morgan fingerprint density at radius 3 is 3.00 bits per heavy atom. The van der Waals surface area contributed by atoms with Crippen LogP contribution in [0.5, 0.6) is 0 Å². The van der Waals surface area contributed by atoms with Crippen LogP contribution in [-0.2, 0) is 0 Å². The highest BCUT2D eigenvalue weighted by Crippen LogP contribution is 2.32. The molecule has 0 aromatic rings. The standard InChI is InChI=1S/C8H14FN/c1-5-4-6-2-3-7(10-6)8(5)9/h5-8,10H,2-4H2,1H3. The summed E-state index contributed by atoms with van der Waals surface area (Å²) in [4.78, 5) is 0. The van der Waals surface area contributed by atoms with E-state index in [-0.39, 0.29) is 6.04 Å². The van der Waals surface area contributed by atoms with E-state index in [1.54, 1.807) is 0 Å². The first kappa shape index (κ1) is 6.59. The number of fused-ring (bicyclic) bond motifs is 2. The van der Waals surface area contributed by atoms with Gasteiger partial charge in [-0.3, -0.25) is 0 Å². The summed E-state index contributed by atoms with van der Waals surface area (Å²) < 4.78 is 13.2. The third kappa shape index (κ3) is 0.858. The molecule has 2 fully saturated rings. The number of nitrogens with one attached hydrogen (secondary N) is 1. The van der Waals surface area contributed by atoms with Crippen molar-refractivity contribution in [1.29, 1.82) is 0 Å². The topological polar surface area (TPSA) is 12.0 Å². The molecule has 0 aliphatic carbocycles. The Morgan fingerprint density at radius 1 is 1.40 bits per heavy atom. The third-order valence-electron chi connectivity index (χ3n) is 2.86. The summed E-state index contributed by atoms with van der Waals surface area (Å²) in [5, 5.41) is 3.30. The lowest BCUT2D eigenvalue weighted by Gasteiger charge is -2.30. The SMILES string of the molecule is CC1CC2CCC(N2)C1F. The molecule has 4 atom stereocenters. The molecular formula is C8H14FN. The quantitative estimate of drug-likeness (QED) is 0.541. The van der Waals surface area contributed by atoms with Gasteiger partial charge in [0.2, 0.25) is 0 Å². The van der Waals surface area contributed by atoms with E-state index in [2.05, 4.69) is 5.32 Å². The van der Waals surface area contributed by atoms with Crippen LogP contribution in [0.1, 0.15) is 26.2 Å². The van der Waals surface area contributed by atoms with Gasteiger partial charge in [0.15, 0.2) is 0 Å². The van der Waals surface area contributed by atoms with Crippen LogP contribution < -0.4 is 5.32 Å². The molecule has 2 heteroatoms. The van der Waals surface area contributed by atoms with Gasteiger partial charge in [-0.05, 0) is 25.2 Å². The maximum Gasteiger partial charge on any atom is 0.118 e. The Kier molecular flexibility index (Phi) is 1.44. The van der Waals surface area contributed by atoms with Crippen molar-refractivity contribution >= 4 is 0 Å². The molecule has 0 radical (unpaired) electrons. The summed E-state index contributed by atoms with van der Waals surface area (Å²) in [5.41, 5.74) is 0. The maximum absolute atomic E-state index is 13.2. The molecule has 2 saturated heterocycles. The molecule has 0 amide bonds. The average molecular weight is 143 g/mol. The molecule has 4 unspecified atom stereocenters. The van der Waals surface area contributed by atoms with Gasteiger partial charge in [-0.1, -0.05) is 6.92 Å². The minimum atomic E-state index is -0.584. The number of hydrogen-bond donors (Lipinski definition) is 1. The zero-order valence-electron chi connectivity index (χ0n) is 6.31. The highest BCUT2D eigenvalue weighted by molar-refractivity contribution is 4.96. The zero-order chi connectivity index (χ0) is 7.14. The van der Waals surface area contributed by atoms with Crippen molar-refractivity contribution in [2.75, 3.05) is 0 Å². The van der Waals surface area contributed by atoms with Crippen molar-refractivity contribution in [2.24, 2.45) is 5.92 Å². The first-order valence-electron chi connectivity index (χ1n) is 4.17. The molecule has 1 nitrogen and oxygen atoms in total. The zero-order valence-corrected chi connectivity index (χ0v) is 6.31. The number of rotatable bonds is 0. The normalized spacial score (nSPS) is 53.4. The smallest absolute Gasteiger partial charge is 0.118 e. The highest BCUT2D eigenvalue weighted by atomic mass is 19.1. The van der Waals surface area contributed by atoms with Gasteiger partial charge in [0.25, 0.3) is 0 Å². The van der Waals surface area contributed by atoms with Crippen molar-refractivity contribution < 1.29 is 4.39 Å². The Morgan fingerprint density at radius 2 is 2.20 bits per heavy atom. The Hall–Kier alpha value is -0.110. The fraction of sp³-hybridized carbons (Fsp3) is 1.00. The van der Waals surface area contributed by atoms with Gasteiger partial charge in [-0.2, -0.15) is 0 Å². The van der Waals surface area contributed by atoms with Gasteiger partial charge in [0.05, 0.1) is 0 Å². The molecular weight excluding hydrogens is 129 g/mol. The Bertz CT molecular complexity index is 137. The summed E-state index contributed by atoms with van der Waals surface area (Å²) in [6.45, 7) is 2.02. The molecule has 2 aliphatic heterocycles. The van der Waals surface area contributed by atoms with Crippen LogP contribution in [0.3, 0.4) is 0 Å². The fourth-order valence-corrected chi connectivity index (χ4v) is 2.26. The van der Waals surface area contributed by atoms with Crippen LogP contribution in [0.4, 0.5) is 4.39 Å². The molecule has 10 heavy (non-hydrogen) atoms. The lowest BCUT2D eigenvalue weighted by Crippen LogP contribution is -2.45. The molecule has 0 aromatic heterocycles. The van der Waals surface area contributed by atoms with E-state index in [4.69, 9.17) is 0 Å². The molecule has 2 aliphatic rings. The van der Waals surface area contributed by atoms with E-state index in [0.29, 0.717) is 12.0 Å². The van der Waals surface area contributed by atoms with Gasteiger partial charge in [-0.25, -0.2) is 4.39 Å². The molecule has 0 spiro atoms. The van der Waals surface area contributed by atoms with Crippen LogP contribution in [-0.4, -0.2) is 18.3 Å². The van der Waals surface area contributed by atoms with Crippen molar-refractivity contribution in [3.63, 3.8) is 0 Å². The summed E-state index contributed by atoms with van der Waals surface area (Å²) in [6, 6.07) is 0.820. The molecule has 2 bridgehead atoms. The van der Waals surface area contributed by atoms with Crippen molar-refractivity contribution in [3.05, 3.63) is 0 Å². The Labute approximate surface area is 61.0 Å².